The number of esters is 1. The van der Waals surface area contributed by atoms with Gasteiger partial charge >= 0.3 is 12.1 Å². The van der Waals surface area contributed by atoms with Crippen molar-refractivity contribution in [1.82, 2.24) is 0 Å². The van der Waals surface area contributed by atoms with Crippen molar-refractivity contribution in [3.63, 3.8) is 0 Å². The zero-order valence-corrected chi connectivity index (χ0v) is 8.20. The van der Waals surface area contributed by atoms with Gasteiger partial charge in [-0.3, -0.25) is 4.79 Å². The van der Waals surface area contributed by atoms with Crippen molar-refractivity contribution in [2.24, 2.45) is 5.92 Å². The molecule has 0 rings (SSSR count). The van der Waals surface area contributed by atoms with Crippen LogP contribution in [0.15, 0.2) is 0 Å². The largest absolute Gasteiger partial charge is 0.455 e. The van der Waals surface area contributed by atoms with Gasteiger partial charge < -0.3 is 20.1 Å². The van der Waals surface area contributed by atoms with Crippen molar-refractivity contribution in [2.75, 3.05) is 5.75 Å². The van der Waals surface area contributed by atoms with Gasteiger partial charge in [0.2, 0.25) is 0 Å². The third-order valence-corrected chi connectivity index (χ3v) is 1.87. The van der Waals surface area contributed by atoms with E-state index in [2.05, 4.69) is 17.4 Å². The highest BCUT2D eigenvalue weighted by molar-refractivity contribution is 7.80. The maximum Gasteiger partial charge on any atom is 0.455 e. The van der Waals surface area contributed by atoms with E-state index >= 15 is 0 Å². The van der Waals surface area contributed by atoms with Gasteiger partial charge in [0, 0.05) is 5.75 Å². The number of aliphatic hydroxyl groups is 3. The summed E-state index contributed by atoms with van der Waals surface area (Å²) in [5.41, 5.74) is 0. The Labute approximate surface area is 81.7 Å². The Hall–Kier alpha value is -0.300. The number of hydrogen-bond acceptors (Lipinski definition) is 6. The predicted octanol–water partition coefficient (Wildman–Crippen LogP) is -0.536. The molecule has 13 heavy (non-hydrogen) atoms. The first-order chi connectivity index (χ1) is 5.90. The molecule has 0 aromatic heterocycles. The first-order valence-corrected chi connectivity index (χ1v) is 4.54. The minimum Gasteiger partial charge on any atom is -0.384 e. The number of ether oxygens (including phenoxy) is 1. The summed E-state index contributed by atoms with van der Waals surface area (Å²) in [7, 11) is 0. The monoisotopic (exact) mass is 210 g/mol. The van der Waals surface area contributed by atoms with Crippen LogP contribution in [0.25, 0.3) is 0 Å². The van der Waals surface area contributed by atoms with Crippen LogP contribution in [0, 0.1) is 5.92 Å². The van der Waals surface area contributed by atoms with Crippen molar-refractivity contribution in [3.8, 4) is 0 Å². The van der Waals surface area contributed by atoms with Crippen molar-refractivity contribution >= 4 is 18.6 Å². The standard InChI is InChI=1S/C7H14O5S/c1-2-3-5(4-13)6(8)12-7(9,10)11/h5,9-11,13H,2-4H2,1H3. The van der Waals surface area contributed by atoms with Crippen LogP contribution in [0.5, 0.6) is 0 Å². The predicted molar refractivity (Wildman–Crippen MR) is 47.7 cm³/mol. The second kappa shape index (κ2) is 5.43. The van der Waals surface area contributed by atoms with Gasteiger partial charge in [-0.15, -0.1) is 0 Å². The molecule has 1 atom stereocenters. The first kappa shape index (κ1) is 12.7. The first-order valence-electron chi connectivity index (χ1n) is 3.91. The molecule has 0 aliphatic heterocycles. The lowest BCUT2D eigenvalue weighted by molar-refractivity contribution is -0.436. The second-order valence-electron chi connectivity index (χ2n) is 2.66. The molecule has 3 N–H and O–H groups in total. The molecule has 0 spiro atoms. The summed E-state index contributed by atoms with van der Waals surface area (Å²) in [5.74, 6) is -1.16. The highest BCUT2D eigenvalue weighted by Gasteiger charge is 2.28. The number of carbonyl (C=O) groups is 1. The molecule has 0 bridgehead atoms. The van der Waals surface area contributed by atoms with E-state index in [4.69, 9.17) is 15.3 Å². The van der Waals surface area contributed by atoms with E-state index in [9.17, 15) is 4.79 Å². The van der Waals surface area contributed by atoms with Gasteiger partial charge in [0.15, 0.2) is 0 Å². The molecule has 0 aliphatic rings. The number of thiol groups is 1. The quantitative estimate of drug-likeness (QED) is 0.278. The summed E-state index contributed by atoms with van der Waals surface area (Å²) in [6.45, 7) is 1.87. The maximum atomic E-state index is 11.0. The normalized spacial score (nSPS) is 13.9. The maximum absolute atomic E-state index is 11.0. The molecule has 0 aromatic rings. The molecule has 0 aromatic carbocycles. The van der Waals surface area contributed by atoms with E-state index in [1.165, 1.54) is 0 Å². The lowest BCUT2D eigenvalue weighted by atomic mass is 10.1. The van der Waals surface area contributed by atoms with Gasteiger partial charge in [0.05, 0.1) is 5.92 Å². The Morgan fingerprint density at radius 1 is 1.54 bits per heavy atom. The van der Waals surface area contributed by atoms with Crippen LogP contribution in [-0.2, 0) is 9.53 Å². The van der Waals surface area contributed by atoms with E-state index < -0.39 is 18.0 Å². The lowest BCUT2D eigenvalue weighted by Crippen LogP contribution is -2.36. The van der Waals surface area contributed by atoms with E-state index in [-0.39, 0.29) is 5.75 Å². The molecule has 0 radical (unpaired) electrons. The van der Waals surface area contributed by atoms with Crippen LogP contribution >= 0.6 is 12.6 Å². The summed E-state index contributed by atoms with van der Waals surface area (Å²) in [5, 5.41) is 25.0. The molecule has 0 saturated carbocycles. The smallest absolute Gasteiger partial charge is 0.384 e. The van der Waals surface area contributed by atoms with Gasteiger partial charge in [-0.1, -0.05) is 13.3 Å². The highest BCUT2D eigenvalue weighted by atomic mass is 32.1. The summed E-state index contributed by atoms with van der Waals surface area (Å²) < 4.78 is 3.92. The van der Waals surface area contributed by atoms with Crippen molar-refractivity contribution in [2.45, 2.75) is 25.9 Å². The zero-order valence-electron chi connectivity index (χ0n) is 7.30. The van der Waals surface area contributed by atoms with Crippen LogP contribution < -0.4 is 0 Å². The Morgan fingerprint density at radius 2 is 2.08 bits per heavy atom. The number of hydrogen-bond donors (Lipinski definition) is 4. The fourth-order valence-electron chi connectivity index (χ4n) is 0.850. The van der Waals surface area contributed by atoms with Gasteiger partial charge in [0.1, 0.15) is 0 Å². The third kappa shape index (κ3) is 5.87. The van der Waals surface area contributed by atoms with E-state index in [1.807, 2.05) is 6.92 Å². The van der Waals surface area contributed by atoms with Crippen molar-refractivity contribution in [1.29, 1.82) is 0 Å². The average molecular weight is 210 g/mol. The number of carbonyl (C=O) groups excluding carboxylic acids is 1. The van der Waals surface area contributed by atoms with E-state index in [0.29, 0.717) is 6.42 Å². The third-order valence-electron chi connectivity index (χ3n) is 1.43. The van der Waals surface area contributed by atoms with Crippen LogP contribution in [0.4, 0.5) is 0 Å². The molecular formula is C7H14O5S. The molecule has 0 heterocycles. The molecule has 0 saturated heterocycles. The van der Waals surface area contributed by atoms with Gasteiger partial charge in [-0.25, -0.2) is 0 Å². The van der Waals surface area contributed by atoms with Crippen LogP contribution in [0.2, 0.25) is 0 Å². The fourth-order valence-corrected chi connectivity index (χ4v) is 1.18. The summed E-state index contributed by atoms with van der Waals surface area (Å²) in [6.07, 6.45) is -2.11. The molecule has 0 aliphatic carbocycles. The van der Waals surface area contributed by atoms with Crippen molar-refractivity contribution < 1.29 is 24.9 Å². The van der Waals surface area contributed by atoms with E-state index in [0.717, 1.165) is 6.42 Å². The topological polar surface area (TPSA) is 87.0 Å². The second-order valence-corrected chi connectivity index (χ2v) is 3.03. The van der Waals surface area contributed by atoms with Gasteiger partial charge in [0.25, 0.3) is 0 Å². The van der Waals surface area contributed by atoms with Gasteiger partial charge in [-0.2, -0.15) is 12.6 Å². The van der Waals surface area contributed by atoms with Crippen LogP contribution in [-0.4, -0.2) is 33.2 Å². The summed E-state index contributed by atoms with van der Waals surface area (Å²) in [6, 6.07) is 0. The Morgan fingerprint density at radius 3 is 2.38 bits per heavy atom. The molecular weight excluding hydrogens is 196 g/mol. The van der Waals surface area contributed by atoms with Crippen LogP contribution in [0.3, 0.4) is 0 Å². The molecule has 6 heteroatoms. The number of rotatable bonds is 5. The molecule has 0 amide bonds. The van der Waals surface area contributed by atoms with E-state index in [1.54, 1.807) is 0 Å². The minimum absolute atomic E-state index is 0.239. The summed E-state index contributed by atoms with van der Waals surface area (Å²) >= 11 is 3.89. The minimum atomic E-state index is -3.38. The molecule has 78 valence electrons. The Kier molecular flexibility index (Phi) is 5.31. The Bertz CT molecular complexity index is 165. The summed E-state index contributed by atoms with van der Waals surface area (Å²) in [4.78, 5) is 11.0. The molecule has 1 unspecified atom stereocenters. The Balaban J connectivity index is 4.06. The lowest BCUT2D eigenvalue weighted by Gasteiger charge is -2.17. The molecule has 5 nitrogen and oxygen atoms in total. The van der Waals surface area contributed by atoms with Gasteiger partial charge in [-0.05, 0) is 6.42 Å². The highest BCUT2D eigenvalue weighted by Crippen LogP contribution is 2.12. The average Bonchev–Trinajstić information content (AvgIpc) is 1.96. The molecule has 0 fully saturated rings. The SMILES string of the molecule is CCCC(CS)C(=O)OC(O)(O)O. The fraction of sp³-hybridized carbons (Fsp3) is 0.857. The van der Waals surface area contributed by atoms with Crippen LogP contribution in [0.1, 0.15) is 19.8 Å². The van der Waals surface area contributed by atoms with Crippen molar-refractivity contribution in [3.05, 3.63) is 0 Å². The zero-order chi connectivity index (χ0) is 10.5.